The van der Waals surface area contributed by atoms with Crippen LogP contribution in [0.1, 0.15) is 30.0 Å². The average molecular weight is 418 g/mol. The van der Waals surface area contributed by atoms with Crippen LogP contribution < -0.4 is 40.0 Å². The summed E-state index contributed by atoms with van der Waals surface area (Å²) in [6.45, 7) is 2.03. The van der Waals surface area contributed by atoms with Crippen LogP contribution in [-0.2, 0) is 32.8 Å². The minimum Gasteiger partial charge on any atom is -0.810 e. The molecule has 9 heteroatoms. The molecule has 3 aromatic rings. The van der Waals surface area contributed by atoms with E-state index in [2.05, 4.69) is 0 Å². The number of para-hydroxylation sites is 1. The molecule has 7 nitrogen and oxygen atoms in total. The van der Waals surface area contributed by atoms with E-state index in [9.17, 15) is 14.5 Å². The first-order valence-corrected chi connectivity index (χ1v) is 9.79. The number of rotatable bonds is 3. The molecular formula is C20H16N2NaO5P. The Morgan fingerprint density at radius 2 is 2.10 bits per heavy atom. The molecule has 0 aliphatic carbocycles. The van der Waals surface area contributed by atoms with Gasteiger partial charge in [-0.05, 0) is 24.6 Å². The summed E-state index contributed by atoms with van der Waals surface area (Å²) in [5, 5.41) is 1.00. The molecule has 0 amide bonds. The minimum absolute atomic E-state index is 0. The van der Waals surface area contributed by atoms with Crippen molar-refractivity contribution < 1.29 is 48.5 Å². The summed E-state index contributed by atoms with van der Waals surface area (Å²) in [6.07, 6.45) is 0.203. The van der Waals surface area contributed by atoms with Crippen LogP contribution in [0.15, 0.2) is 41.2 Å². The van der Waals surface area contributed by atoms with Gasteiger partial charge in [-0.1, -0.05) is 34.2 Å². The predicted octanol–water partition coefficient (Wildman–Crippen LogP) is -1.02. The van der Waals surface area contributed by atoms with Gasteiger partial charge in [-0.15, -0.1) is 0 Å². The van der Waals surface area contributed by atoms with Crippen molar-refractivity contribution in [2.75, 3.05) is 0 Å². The van der Waals surface area contributed by atoms with E-state index in [-0.39, 0.29) is 48.1 Å². The van der Waals surface area contributed by atoms with Gasteiger partial charge in [0.1, 0.15) is 6.61 Å². The van der Waals surface area contributed by atoms with Gasteiger partial charge >= 0.3 is 35.5 Å². The van der Waals surface area contributed by atoms with Crippen LogP contribution in [-0.4, -0.2) is 15.5 Å². The van der Waals surface area contributed by atoms with Gasteiger partial charge in [0.2, 0.25) is 0 Å². The Hall–Kier alpha value is -1.60. The molecule has 0 spiro atoms. The number of pyridine rings is 2. The molecule has 1 unspecified atom stereocenters. The number of nitrogens with zero attached hydrogens (tertiary/aromatic N) is 2. The molecule has 2 aliphatic rings. The second kappa shape index (κ2) is 7.58. The number of cyclic esters (lactones) is 1. The number of carbonyl (C=O) groups is 1. The summed E-state index contributed by atoms with van der Waals surface area (Å²) >= 11 is 0. The van der Waals surface area contributed by atoms with Gasteiger partial charge < -0.3 is 18.7 Å². The van der Waals surface area contributed by atoms with Crippen LogP contribution in [0.3, 0.4) is 0 Å². The fourth-order valence-electron chi connectivity index (χ4n) is 4.15. The van der Waals surface area contributed by atoms with Crippen molar-refractivity contribution in [3.8, 4) is 11.4 Å². The van der Waals surface area contributed by atoms with E-state index < -0.39 is 20.6 Å². The summed E-state index contributed by atoms with van der Waals surface area (Å²) < 4.78 is 12.2. The number of hydrogen-bond acceptors (Lipinski definition) is 6. The molecule has 142 valence electrons. The summed E-state index contributed by atoms with van der Waals surface area (Å²) in [4.78, 5) is 41.8. The monoisotopic (exact) mass is 418 g/mol. The van der Waals surface area contributed by atoms with Gasteiger partial charge in [-0.2, -0.15) is 0 Å². The first-order chi connectivity index (χ1) is 13.6. The van der Waals surface area contributed by atoms with E-state index in [1.807, 2.05) is 30.3 Å². The smallest absolute Gasteiger partial charge is 0.810 e. The topological polar surface area (TPSA) is 93.5 Å². The summed E-state index contributed by atoms with van der Waals surface area (Å²) in [5.41, 5.74) is 2.13. The molecule has 1 aromatic carbocycles. The second-order valence-electron chi connectivity index (χ2n) is 6.94. The number of aromatic nitrogens is 2. The second-order valence-corrected chi connectivity index (χ2v) is 7.31. The third-order valence-electron chi connectivity index (χ3n) is 5.60. The Labute approximate surface area is 190 Å². The first-order valence-electron chi connectivity index (χ1n) is 8.97. The van der Waals surface area contributed by atoms with Gasteiger partial charge in [0.15, 0.2) is 5.60 Å². The summed E-state index contributed by atoms with van der Waals surface area (Å²) in [5.74, 6) is -0.625. The Balaban J connectivity index is 0.00000205. The number of carbonyl (C=O) groups excluding carboxylic acids is 1. The third-order valence-corrected chi connectivity index (χ3v) is 6.03. The van der Waals surface area contributed by atoms with Gasteiger partial charge in [0.05, 0.1) is 29.0 Å². The quantitative estimate of drug-likeness (QED) is 0.240. The molecule has 0 bridgehead atoms. The summed E-state index contributed by atoms with van der Waals surface area (Å²) in [6, 6.07) is 11.6. The largest absolute Gasteiger partial charge is 1.00 e. The fraction of sp³-hybridized carbons (Fsp3) is 0.250. The van der Waals surface area contributed by atoms with E-state index in [0.29, 0.717) is 29.1 Å². The van der Waals surface area contributed by atoms with Crippen LogP contribution in [0.25, 0.3) is 22.3 Å². The van der Waals surface area contributed by atoms with Crippen LogP contribution in [0.5, 0.6) is 0 Å². The molecule has 0 fully saturated rings. The van der Waals surface area contributed by atoms with Crippen LogP contribution in [0, 0.1) is 0 Å². The number of ether oxygens (including phenoxy) is 1. The maximum absolute atomic E-state index is 13.2. The number of esters is 1. The molecule has 0 N–H and O–H groups in total. The van der Waals surface area contributed by atoms with E-state index in [4.69, 9.17) is 14.2 Å². The van der Waals surface area contributed by atoms with E-state index in [1.165, 1.54) is 0 Å². The zero-order chi connectivity index (χ0) is 19.5. The van der Waals surface area contributed by atoms with Crippen molar-refractivity contribution in [1.29, 1.82) is 0 Å². The molecule has 29 heavy (non-hydrogen) atoms. The van der Waals surface area contributed by atoms with Crippen molar-refractivity contribution in [1.82, 2.24) is 9.55 Å². The molecular weight excluding hydrogens is 402 g/mol. The Morgan fingerprint density at radius 1 is 1.31 bits per heavy atom. The van der Waals surface area contributed by atoms with Gasteiger partial charge in [-0.3, -0.25) is 4.79 Å². The van der Waals surface area contributed by atoms with Crippen molar-refractivity contribution in [2.24, 2.45) is 0 Å². The Kier molecular flexibility index (Phi) is 5.40. The van der Waals surface area contributed by atoms with Crippen molar-refractivity contribution in [3.63, 3.8) is 0 Å². The molecule has 2 atom stereocenters. The van der Waals surface area contributed by atoms with Gasteiger partial charge in [0.25, 0.3) is 5.56 Å². The normalized spacial score (nSPS) is 19.6. The van der Waals surface area contributed by atoms with Crippen LogP contribution in [0.2, 0.25) is 0 Å². The van der Waals surface area contributed by atoms with E-state index >= 15 is 0 Å². The van der Waals surface area contributed by atoms with Crippen LogP contribution in [0.4, 0.5) is 0 Å². The average Bonchev–Trinajstić information content (AvgIpc) is 3.06. The fourth-order valence-corrected chi connectivity index (χ4v) is 4.63. The molecule has 2 aromatic heterocycles. The Morgan fingerprint density at radius 3 is 2.86 bits per heavy atom. The molecule has 0 radical (unpaired) electrons. The molecule has 0 saturated heterocycles. The maximum atomic E-state index is 13.2. The maximum Gasteiger partial charge on any atom is 1.00 e. The van der Waals surface area contributed by atoms with Crippen molar-refractivity contribution >= 4 is 25.9 Å². The third kappa shape index (κ3) is 2.92. The molecule has 2 aliphatic heterocycles. The Bertz CT molecular complexity index is 1210. The SMILES string of the molecule is CC[C@@]1(OP[O-])C(=O)OCc2c1cc1n(c2=O)Cc2cc3ccccc3nc2-1.[Na+]. The minimum atomic E-state index is -1.54. The van der Waals surface area contributed by atoms with Gasteiger partial charge in [-0.25, -0.2) is 9.78 Å². The number of hydrogen-bond donors (Lipinski definition) is 0. The van der Waals surface area contributed by atoms with Gasteiger partial charge in [0, 0.05) is 16.5 Å². The molecule has 0 saturated carbocycles. The number of benzene rings is 1. The van der Waals surface area contributed by atoms with Crippen molar-refractivity contribution in [2.45, 2.75) is 32.1 Å². The molecule has 5 rings (SSSR count). The zero-order valence-electron chi connectivity index (χ0n) is 16.0. The molecule has 4 heterocycles. The zero-order valence-corrected chi connectivity index (χ0v) is 19.0. The number of fused-ring (bicyclic) bond motifs is 5. The first kappa shape index (κ1) is 20.7. The summed E-state index contributed by atoms with van der Waals surface area (Å²) in [7, 11) is -1.15. The van der Waals surface area contributed by atoms with E-state index in [0.717, 1.165) is 16.5 Å². The predicted molar refractivity (Wildman–Crippen MR) is 102 cm³/mol. The standard InChI is InChI=1S/C20H16N2O5P.Na/c1-2-20(27-28-25)14-8-16-17-12(7-11-5-3-4-6-15(11)21-17)9-22(16)18(23)13(14)10-26-19(20)24;/h3-8,28H,2,9-10H2,1H3;/q-1;+1/t20-;/m0./s1. The van der Waals surface area contributed by atoms with E-state index in [1.54, 1.807) is 17.6 Å². The van der Waals surface area contributed by atoms with Crippen molar-refractivity contribution in [3.05, 3.63) is 63.4 Å². The van der Waals surface area contributed by atoms with Crippen LogP contribution >= 0.6 is 9.03 Å².